The van der Waals surface area contributed by atoms with Crippen LogP contribution in [0.5, 0.6) is 11.5 Å². The Morgan fingerprint density at radius 3 is 2.82 bits per heavy atom. The number of hydrogen-bond donors (Lipinski definition) is 1. The SMILES string of the molecule is CCCCOc1ccc2c(Cl)c(O)ccc2c1. The molecule has 0 saturated carbocycles. The number of fused-ring (bicyclic) bond motifs is 1. The van der Waals surface area contributed by atoms with E-state index in [1.54, 1.807) is 6.07 Å². The fraction of sp³-hybridized carbons (Fsp3) is 0.286. The average molecular weight is 251 g/mol. The van der Waals surface area contributed by atoms with Crippen molar-refractivity contribution in [2.45, 2.75) is 19.8 Å². The third-order valence-corrected chi connectivity index (χ3v) is 3.07. The predicted molar refractivity (Wildman–Crippen MR) is 71.0 cm³/mol. The molecule has 2 aromatic carbocycles. The minimum Gasteiger partial charge on any atom is -0.506 e. The molecule has 0 atom stereocenters. The van der Waals surface area contributed by atoms with Crippen molar-refractivity contribution in [3.05, 3.63) is 35.4 Å². The normalized spacial score (nSPS) is 10.7. The summed E-state index contributed by atoms with van der Waals surface area (Å²) in [5.41, 5.74) is 0. The lowest BCUT2D eigenvalue weighted by atomic mass is 10.1. The Morgan fingerprint density at radius 1 is 1.24 bits per heavy atom. The Bertz CT molecular complexity index is 523. The van der Waals surface area contributed by atoms with Gasteiger partial charge in [0.2, 0.25) is 0 Å². The maximum Gasteiger partial charge on any atom is 0.134 e. The van der Waals surface area contributed by atoms with Gasteiger partial charge in [0.05, 0.1) is 11.6 Å². The van der Waals surface area contributed by atoms with Gasteiger partial charge in [0.15, 0.2) is 0 Å². The molecule has 0 amide bonds. The second-order valence-corrected chi connectivity index (χ2v) is 4.36. The Kier molecular flexibility index (Phi) is 3.75. The van der Waals surface area contributed by atoms with Gasteiger partial charge >= 0.3 is 0 Å². The highest BCUT2D eigenvalue weighted by Crippen LogP contribution is 2.33. The zero-order valence-corrected chi connectivity index (χ0v) is 10.5. The van der Waals surface area contributed by atoms with Crippen molar-refractivity contribution >= 4 is 22.4 Å². The summed E-state index contributed by atoms with van der Waals surface area (Å²) in [5, 5.41) is 11.7. The van der Waals surface area contributed by atoms with Crippen LogP contribution in [0, 0.1) is 0 Å². The van der Waals surface area contributed by atoms with E-state index in [1.807, 2.05) is 24.3 Å². The second kappa shape index (κ2) is 5.28. The summed E-state index contributed by atoms with van der Waals surface area (Å²) in [6.45, 7) is 2.86. The highest BCUT2D eigenvalue weighted by atomic mass is 35.5. The van der Waals surface area contributed by atoms with Gasteiger partial charge in [-0.15, -0.1) is 0 Å². The van der Waals surface area contributed by atoms with Crippen LogP contribution in [0.1, 0.15) is 19.8 Å². The van der Waals surface area contributed by atoms with Crippen molar-refractivity contribution in [1.29, 1.82) is 0 Å². The highest BCUT2D eigenvalue weighted by Gasteiger charge is 2.05. The van der Waals surface area contributed by atoms with Crippen LogP contribution < -0.4 is 4.74 Å². The third kappa shape index (κ3) is 2.64. The minimum absolute atomic E-state index is 0.110. The van der Waals surface area contributed by atoms with Crippen molar-refractivity contribution in [2.24, 2.45) is 0 Å². The first-order valence-electron chi connectivity index (χ1n) is 5.76. The van der Waals surface area contributed by atoms with Crippen LogP contribution >= 0.6 is 11.6 Å². The summed E-state index contributed by atoms with van der Waals surface area (Å²) in [4.78, 5) is 0. The molecule has 0 bridgehead atoms. The topological polar surface area (TPSA) is 29.5 Å². The van der Waals surface area contributed by atoms with Crippen LogP contribution in [0.25, 0.3) is 10.8 Å². The van der Waals surface area contributed by atoms with Crippen LogP contribution in [-0.2, 0) is 0 Å². The maximum atomic E-state index is 9.50. The summed E-state index contributed by atoms with van der Waals surface area (Å²) in [5.74, 6) is 0.950. The Hall–Kier alpha value is -1.41. The lowest BCUT2D eigenvalue weighted by Crippen LogP contribution is -1.96. The van der Waals surface area contributed by atoms with Crippen molar-refractivity contribution in [2.75, 3.05) is 6.61 Å². The molecule has 2 aromatic rings. The third-order valence-electron chi connectivity index (χ3n) is 2.67. The molecule has 3 heteroatoms. The molecule has 17 heavy (non-hydrogen) atoms. The van der Waals surface area contributed by atoms with E-state index < -0.39 is 0 Å². The molecule has 0 fully saturated rings. The number of phenolic OH excluding ortho intramolecular Hbond substituents is 1. The fourth-order valence-corrected chi connectivity index (χ4v) is 1.92. The molecule has 0 aromatic heterocycles. The Morgan fingerprint density at radius 2 is 2.06 bits per heavy atom. The molecule has 0 saturated heterocycles. The maximum absolute atomic E-state index is 9.50. The number of hydrogen-bond acceptors (Lipinski definition) is 2. The van der Waals surface area contributed by atoms with Crippen LogP contribution in [-0.4, -0.2) is 11.7 Å². The summed E-state index contributed by atoms with van der Waals surface area (Å²) in [6, 6.07) is 9.13. The predicted octanol–water partition coefficient (Wildman–Crippen LogP) is 4.38. The van der Waals surface area contributed by atoms with E-state index in [0.29, 0.717) is 5.02 Å². The van der Waals surface area contributed by atoms with Crippen molar-refractivity contribution in [3.8, 4) is 11.5 Å². The minimum atomic E-state index is 0.110. The molecule has 0 aliphatic rings. The number of phenols is 1. The van der Waals surface area contributed by atoms with E-state index in [9.17, 15) is 5.11 Å². The van der Waals surface area contributed by atoms with Crippen LogP contribution in [0.15, 0.2) is 30.3 Å². The van der Waals surface area contributed by atoms with E-state index in [-0.39, 0.29) is 5.75 Å². The highest BCUT2D eigenvalue weighted by molar-refractivity contribution is 6.37. The number of aromatic hydroxyl groups is 1. The summed E-state index contributed by atoms with van der Waals surface area (Å²) in [7, 11) is 0. The Balaban J connectivity index is 2.29. The summed E-state index contributed by atoms with van der Waals surface area (Å²) in [6.07, 6.45) is 2.17. The van der Waals surface area contributed by atoms with Gasteiger partial charge in [0, 0.05) is 5.39 Å². The zero-order valence-electron chi connectivity index (χ0n) is 9.74. The van der Waals surface area contributed by atoms with E-state index in [4.69, 9.17) is 16.3 Å². The van der Waals surface area contributed by atoms with Crippen molar-refractivity contribution < 1.29 is 9.84 Å². The lowest BCUT2D eigenvalue weighted by Gasteiger charge is -2.08. The molecule has 0 radical (unpaired) electrons. The number of benzene rings is 2. The number of rotatable bonds is 4. The van der Waals surface area contributed by atoms with Gasteiger partial charge in [-0.2, -0.15) is 0 Å². The Labute approximate surface area is 106 Å². The van der Waals surface area contributed by atoms with Crippen molar-refractivity contribution in [1.82, 2.24) is 0 Å². The molecule has 0 spiro atoms. The van der Waals surface area contributed by atoms with Crippen LogP contribution in [0.2, 0.25) is 5.02 Å². The first-order chi connectivity index (χ1) is 8.22. The van der Waals surface area contributed by atoms with E-state index >= 15 is 0 Å². The monoisotopic (exact) mass is 250 g/mol. The number of unbranched alkanes of at least 4 members (excludes halogenated alkanes) is 1. The zero-order chi connectivity index (χ0) is 12.3. The van der Waals surface area contributed by atoms with Gasteiger partial charge in [0.1, 0.15) is 11.5 Å². The molecular formula is C14H15ClO2. The largest absolute Gasteiger partial charge is 0.506 e. The summed E-state index contributed by atoms with van der Waals surface area (Å²) >= 11 is 6.01. The molecule has 2 nitrogen and oxygen atoms in total. The first kappa shape index (κ1) is 12.1. The molecule has 0 unspecified atom stereocenters. The number of ether oxygens (including phenoxy) is 1. The van der Waals surface area contributed by atoms with Crippen molar-refractivity contribution in [3.63, 3.8) is 0 Å². The van der Waals surface area contributed by atoms with Crippen LogP contribution in [0.3, 0.4) is 0 Å². The molecule has 0 heterocycles. The fourth-order valence-electron chi connectivity index (χ4n) is 1.68. The van der Waals surface area contributed by atoms with E-state index in [1.165, 1.54) is 0 Å². The molecule has 0 aliphatic heterocycles. The molecule has 1 N–H and O–H groups in total. The molecule has 90 valence electrons. The average Bonchev–Trinajstić information content (AvgIpc) is 2.34. The van der Waals surface area contributed by atoms with Gasteiger partial charge in [-0.1, -0.05) is 31.0 Å². The standard InChI is InChI=1S/C14H15ClO2/c1-2-3-8-17-11-5-6-12-10(9-11)4-7-13(16)14(12)15/h4-7,9,16H,2-3,8H2,1H3. The lowest BCUT2D eigenvalue weighted by molar-refractivity contribution is 0.310. The second-order valence-electron chi connectivity index (χ2n) is 3.98. The molecule has 0 aliphatic carbocycles. The first-order valence-corrected chi connectivity index (χ1v) is 6.14. The van der Waals surface area contributed by atoms with Gasteiger partial charge in [-0.3, -0.25) is 0 Å². The van der Waals surface area contributed by atoms with Gasteiger partial charge < -0.3 is 9.84 Å². The smallest absolute Gasteiger partial charge is 0.134 e. The van der Waals surface area contributed by atoms with E-state index in [0.717, 1.165) is 36.0 Å². The molecular weight excluding hydrogens is 236 g/mol. The summed E-state index contributed by atoms with van der Waals surface area (Å²) < 4.78 is 5.62. The van der Waals surface area contributed by atoms with E-state index in [2.05, 4.69) is 6.92 Å². The quantitative estimate of drug-likeness (QED) is 0.816. The van der Waals surface area contributed by atoms with Crippen LogP contribution in [0.4, 0.5) is 0 Å². The number of halogens is 1. The van der Waals surface area contributed by atoms with Gasteiger partial charge in [-0.05, 0) is 36.1 Å². The van der Waals surface area contributed by atoms with Gasteiger partial charge in [0.25, 0.3) is 0 Å². The van der Waals surface area contributed by atoms with Gasteiger partial charge in [-0.25, -0.2) is 0 Å². The molecule has 2 rings (SSSR count).